The summed E-state index contributed by atoms with van der Waals surface area (Å²) >= 11 is 0. The normalized spacial score (nSPS) is 12.1. The summed E-state index contributed by atoms with van der Waals surface area (Å²) in [7, 11) is 0. The molecule has 0 aliphatic heterocycles. The average molecular weight is 795 g/mol. The van der Waals surface area contributed by atoms with Crippen LogP contribution in [0.3, 0.4) is 0 Å². The fraction of sp³-hybridized carbons (Fsp3) is 0. The number of para-hydroxylation sites is 2. The first-order valence-corrected chi connectivity index (χ1v) is 20.9. The van der Waals surface area contributed by atoms with Crippen molar-refractivity contribution in [3.8, 4) is 61.3 Å². The molecular formula is C60H42N2. The lowest BCUT2D eigenvalue weighted by molar-refractivity contribution is 1.18. The van der Waals surface area contributed by atoms with Crippen LogP contribution in [0.25, 0.3) is 83.1 Å². The molecular weight excluding hydrogens is 749 g/mol. The highest BCUT2D eigenvalue weighted by atomic mass is 15.1. The summed E-state index contributed by atoms with van der Waals surface area (Å²) in [6.45, 7) is 0. The molecule has 0 aliphatic carbocycles. The van der Waals surface area contributed by atoms with E-state index in [9.17, 15) is 5.48 Å². The van der Waals surface area contributed by atoms with Crippen LogP contribution in [0.1, 0.15) is 5.48 Å². The summed E-state index contributed by atoms with van der Waals surface area (Å²) in [5.74, 6) is 0. The Morgan fingerprint density at radius 2 is 0.790 bits per heavy atom. The van der Waals surface area contributed by atoms with Crippen molar-refractivity contribution in [1.82, 2.24) is 4.57 Å². The van der Waals surface area contributed by atoms with Gasteiger partial charge in [-0.2, -0.15) is 0 Å². The van der Waals surface area contributed by atoms with Crippen molar-refractivity contribution < 1.29 is 5.48 Å². The third-order valence-corrected chi connectivity index (χ3v) is 11.7. The van der Waals surface area contributed by atoms with Gasteiger partial charge in [-0.15, -0.1) is 0 Å². The van der Waals surface area contributed by atoms with E-state index < -0.39 is 0 Å². The molecule has 2 nitrogen and oxygen atoms in total. The van der Waals surface area contributed by atoms with Crippen molar-refractivity contribution in [2.75, 3.05) is 4.90 Å². The van der Waals surface area contributed by atoms with Gasteiger partial charge in [-0.05, 0) is 122 Å². The Kier molecular flexibility index (Phi) is 8.47. The minimum Gasteiger partial charge on any atom is -0.310 e. The Balaban J connectivity index is 1.03. The molecule has 11 rings (SSSR count). The van der Waals surface area contributed by atoms with E-state index in [0.717, 1.165) is 61.2 Å². The standard InChI is InChI=1S/C60H42N2/c1-4-15-43(16-5-1)45-29-31-46(32-30-45)48-35-39-54(40-36-48)61(53-37-33-47(34-38-53)44-17-6-2-7-18-44)55-24-13-20-50(42-55)49-19-12-21-51(41-49)56-26-14-28-59-60(56)57-25-10-11-27-58(57)62(59)52-22-8-3-9-23-52/h1-42H/i35D,36D,39D,40D. The molecule has 0 N–H and O–H groups in total. The highest BCUT2D eigenvalue weighted by molar-refractivity contribution is 6.15. The second kappa shape index (κ2) is 16.1. The van der Waals surface area contributed by atoms with Gasteiger partial charge in [0.25, 0.3) is 0 Å². The van der Waals surface area contributed by atoms with E-state index in [4.69, 9.17) is 0 Å². The number of hydrogen-bond donors (Lipinski definition) is 0. The van der Waals surface area contributed by atoms with Crippen LogP contribution >= 0.6 is 0 Å². The van der Waals surface area contributed by atoms with Crippen LogP contribution in [0.15, 0.2) is 255 Å². The maximum Gasteiger partial charge on any atom is 0.0645 e. The molecule has 0 spiro atoms. The van der Waals surface area contributed by atoms with Crippen molar-refractivity contribution in [3.05, 3.63) is 255 Å². The summed E-state index contributed by atoms with van der Waals surface area (Å²) in [5.41, 5.74) is 14.2. The monoisotopic (exact) mass is 794 g/mol. The maximum atomic E-state index is 9.59. The zero-order valence-corrected chi connectivity index (χ0v) is 33.8. The van der Waals surface area contributed by atoms with E-state index in [1.54, 1.807) is 0 Å². The van der Waals surface area contributed by atoms with Crippen LogP contribution in [0.4, 0.5) is 17.1 Å². The fourth-order valence-corrected chi connectivity index (χ4v) is 8.67. The summed E-state index contributed by atoms with van der Waals surface area (Å²) in [6, 6.07) is 77.9. The van der Waals surface area contributed by atoms with Gasteiger partial charge in [0.1, 0.15) is 0 Å². The third kappa shape index (κ3) is 6.94. The predicted molar refractivity (Wildman–Crippen MR) is 263 cm³/mol. The van der Waals surface area contributed by atoms with Crippen molar-refractivity contribution in [3.63, 3.8) is 0 Å². The molecule has 11 aromatic rings. The van der Waals surface area contributed by atoms with E-state index in [0.29, 0.717) is 16.9 Å². The molecule has 1 aromatic heterocycles. The maximum absolute atomic E-state index is 9.59. The molecule has 0 saturated heterocycles. The molecule has 10 aromatic carbocycles. The summed E-state index contributed by atoms with van der Waals surface area (Å²) < 4.78 is 40.4. The molecule has 0 bridgehead atoms. The van der Waals surface area contributed by atoms with Crippen LogP contribution < -0.4 is 4.90 Å². The lowest BCUT2D eigenvalue weighted by atomic mass is 9.95. The van der Waals surface area contributed by atoms with E-state index in [-0.39, 0.29) is 35.4 Å². The van der Waals surface area contributed by atoms with Gasteiger partial charge in [-0.25, -0.2) is 0 Å². The fourth-order valence-electron chi connectivity index (χ4n) is 8.67. The van der Waals surface area contributed by atoms with Gasteiger partial charge >= 0.3 is 0 Å². The minimum atomic E-state index is -0.125. The van der Waals surface area contributed by atoms with E-state index in [1.165, 1.54) is 10.8 Å². The number of aromatic nitrogens is 1. The Morgan fingerprint density at radius 1 is 0.306 bits per heavy atom. The van der Waals surface area contributed by atoms with Crippen LogP contribution in [0.5, 0.6) is 0 Å². The molecule has 0 amide bonds. The van der Waals surface area contributed by atoms with Gasteiger partial charge in [-0.3, -0.25) is 0 Å². The van der Waals surface area contributed by atoms with Gasteiger partial charge in [-0.1, -0.05) is 188 Å². The molecule has 0 unspecified atom stereocenters. The molecule has 0 radical (unpaired) electrons. The number of fused-ring (bicyclic) bond motifs is 3. The smallest absolute Gasteiger partial charge is 0.0645 e. The molecule has 62 heavy (non-hydrogen) atoms. The van der Waals surface area contributed by atoms with Crippen LogP contribution in [0.2, 0.25) is 0 Å². The second-order valence-corrected chi connectivity index (χ2v) is 15.4. The highest BCUT2D eigenvalue weighted by Crippen LogP contribution is 2.41. The Labute approximate surface area is 368 Å². The predicted octanol–water partition coefficient (Wildman–Crippen LogP) is 16.6. The molecule has 0 aliphatic rings. The largest absolute Gasteiger partial charge is 0.310 e. The number of hydrogen-bond acceptors (Lipinski definition) is 1. The Morgan fingerprint density at radius 3 is 1.47 bits per heavy atom. The number of nitrogens with zero attached hydrogens (tertiary/aromatic N) is 2. The van der Waals surface area contributed by atoms with Crippen molar-refractivity contribution >= 4 is 38.9 Å². The molecule has 292 valence electrons. The van der Waals surface area contributed by atoms with E-state index in [2.05, 4.69) is 120 Å². The summed E-state index contributed by atoms with van der Waals surface area (Å²) in [4.78, 5) is 1.87. The van der Waals surface area contributed by atoms with Gasteiger partial charge < -0.3 is 9.47 Å². The number of rotatable bonds is 9. The van der Waals surface area contributed by atoms with E-state index >= 15 is 0 Å². The number of anilines is 3. The molecule has 0 atom stereocenters. The van der Waals surface area contributed by atoms with Crippen molar-refractivity contribution in [2.45, 2.75) is 0 Å². The van der Waals surface area contributed by atoms with Gasteiger partial charge in [0.2, 0.25) is 0 Å². The molecule has 0 fully saturated rings. The first kappa shape index (κ1) is 32.6. The zero-order valence-electron chi connectivity index (χ0n) is 37.8. The number of benzene rings is 10. The quantitative estimate of drug-likeness (QED) is 0.141. The van der Waals surface area contributed by atoms with Crippen molar-refractivity contribution in [2.24, 2.45) is 0 Å². The first-order chi connectivity index (χ1) is 32.4. The van der Waals surface area contributed by atoms with Gasteiger partial charge in [0.05, 0.1) is 16.5 Å². The van der Waals surface area contributed by atoms with Crippen LogP contribution in [-0.4, -0.2) is 4.57 Å². The third-order valence-electron chi connectivity index (χ3n) is 11.7. The van der Waals surface area contributed by atoms with Crippen LogP contribution in [-0.2, 0) is 0 Å². The minimum absolute atomic E-state index is 0.101. The topological polar surface area (TPSA) is 8.17 Å². The molecule has 1 heterocycles. The lowest BCUT2D eigenvalue weighted by Gasteiger charge is -2.26. The van der Waals surface area contributed by atoms with Gasteiger partial charge in [0.15, 0.2) is 0 Å². The molecule has 2 heteroatoms. The Bertz CT molecular complexity index is 3520. The lowest BCUT2D eigenvalue weighted by Crippen LogP contribution is -2.10. The van der Waals surface area contributed by atoms with Crippen molar-refractivity contribution in [1.29, 1.82) is 0 Å². The summed E-state index contributed by atoms with van der Waals surface area (Å²) in [6.07, 6.45) is 0. The molecule has 0 saturated carbocycles. The average Bonchev–Trinajstić information content (AvgIpc) is 3.73. The zero-order chi connectivity index (χ0) is 44.7. The van der Waals surface area contributed by atoms with Crippen LogP contribution in [0, 0.1) is 0 Å². The SMILES string of the molecule is [2H]c1c([2H])c(N(c2ccc(-c3ccccc3)cc2)c2cccc(-c3cccc(-c4cccc5c4c4ccccc4n5-c4ccccc4)c3)c2)c([2H])c([2H])c1-c1ccc(-c2ccccc2)cc1. The van der Waals surface area contributed by atoms with E-state index in [1.807, 2.05) is 120 Å². The van der Waals surface area contributed by atoms with Gasteiger partial charge in [0, 0.05) is 33.5 Å². The second-order valence-electron chi connectivity index (χ2n) is 15.4. The highest BCUT2D eigenvalue weighted by Gasteiger charge is 2.18. The Hall–Kier alpha value is -8.20. The summed E-state index contributed by atoms with van der Waals surface area (Å²) in [5, 5.41) is 2.37. The first-order valence-electron chi connectivity index (χ1n) is 22.9.